The molecule has 77 valence electrons. The van der Waals surface area contributed by atoms with Crippen LogP contribution in [0.15, 0.2) is 30.5 Å². The van der Waals surface area contributed by atoms with E-state index >= 15 is 0 Å². The zero-order valence-corrected chi connectivity index (χ0v) is 9.36. The van der Waals surface area contributed by atoms with Crippen LogP contribution in [-0.4, -0.2) is 25.2 Å². The van der Waals surface area contributed by atoms with Crippen molar-refractivity contribution in [3.05, 3.63) is 42.1 Å². The van der Waals surface area contributed by atoms with Crippen LogP contribution in [-0.2, 0) is 5.41 Å². The second-order valence-electron chi connectivity index (χ2n) is 4.69. The van der Waals surface area contributed by atoms with Gasteiger partial charge in [0, 0.05) is 19.8 Å². The second kappa shape index (κ2) is 2.57. The number of anilines is 1. The van der Waals surface area contributed by atoms with Crippen molar-refractivity contribution in [2.75, 3.05) is 19.0 Å². The molecule has 0 aromatic heterocycles. The van der Waals surface area contributed by atoms with Gasteiger partial charge in [0.05, 0.1) is 5.41 Å². The quantitative estimate of drug-likeness (QED) is 0.630. The maximum atomic E-state index is 3.19. The van der Waals surface area contributed by atoms with Gasteiger partial charge in [0.1, 0.15) is 6.17 Å². The van der Waals surface area contributed by atoms with Crippen LogP contribution in [0.25, 0.3) is 0 Å². The average Bonchev–Trinajstić information content (AvgIpc) is 2.65. The standard InChI is InChI=1S/C13H15N2/c1-13-8-9-14(2)12(13)15(3)11-7-5-4-6-10(11)13/h5-9,12H,1-3H3. The van der Waals surface area contributed by atoms with Gasteiger partial charge in [0.2, 0.25) is 0 Å². The molecule has 2 nitrogen and oxygen atoms in total. The van der Waals surface area contributed by atoms with Gasteiger partial charge in [0.25, 0.3) is 0 Å². The molecule has 3 rings (SSSR count). The first-order valence-electron chi connectivity index (χ1n) is 5.29. The minimum atomic E-state index is 0.122. The van der Waals surface area contributed by atoms with Crippen molar-refractivity contribution in [1.29, 1.82) is 0 Å². The van der Waals surface area contributed by atoms with Crippen molar-refractivity contribution >= 4 is 5.69 Å². The highest BCUT2D eigenvalue weighted by Gasteiger charge is 2.49. The third kappa shape index (κ3) is 0.895. The predicted molar refractivity (Wildman–Crippen MR) is 61.7 cm³/mol. The van der Waals surface area contributed by atoms with Gasteiger partial charge in [-0.05, 0) is 36.9 Å². The molecule has 1 aromatic carbocycles. The first-order valence-corrected chi connectivity index (χ1v) is 5.29. The van der Waals surface area contributed by atoms with Crippen LogP contribution in [0.5, 0.6) is 0 Å². The maximum absolute atomic E-state index is 3.19. The highest BCUT2D eigenvalue weighted by atomic mass is 15.4. The highest BCUT2D eigenvalue weighted by Crippen LogP contribution is 2.48. The summed E-state index contributed by atoms with van der Waals surface area (Å²) in [6.45, 7) is 2.30. The van der Waals surface area contributed by atoms with E-state index in [1.165, 1.54) is 11.3 Å². The smallest absolute Gasteiger partial charge is 0.114 e. The van der Waals surface area contributed by atoms with Crippen molar-refractivity contribution in [3.63, 3.8) is 0 Å². The Hall–Kier alpha value is -1.44. The molecule has 2 heteroatoms. The number of likely N-dealkylation sites (N-methyl/N-ethyl adjacent to an activating group) is 2. The SMILES string of the molecule is CN1C=CC2(C)c3c[c]ccc3N(C)C12. The molecule has 0 N–H and O–H groups in total. The number of hydrogen-bond acceptors (Lipinski definition) is 2. The van der Waals surface area contributed by atoms with Gasteiger partial charge in [-0.25, -0.2) is 0 Å². The summed E-state index contributed by atoms with van der Waals surface area (Å²) in [5, 5.41) is 0. The molecule has 0 saturated carbocycles. The Morgan fingerprint density at radius 3 is 3.00 bits per heavy atom. The Kier molecular flexibility index (Phi) is 1.51. The first-order chi connectivity index (χ1) is 7.14. The van der Waals surface area contributed by atoms with E-state index in [-0.39, 0.29) is 5.41 Å². The predicted octanol–water partition coefficient (Wildman–Crippen LogP) is 1.98. The lowest BCUT2D eigenvalue weighted by molar-refractivity contribution is 0.293. The Balaban J connectivity index is 2.23. The minimum Gasteiger partial charge on any atom is -0.360 e. The largest absolute Gasteiger partial charge is 0.360 e. The van der Waals surface area contributed by atoms with Crippen molar-refractivity contribution in [3.8, 4) is 0 Å². The van der Waals surface area contributed by atoms with Gasteiger partial charge < -0.3 is 9.80 Å². The number of benzene rings is 1. The topological polar surface area (TPSA) is 6.48 Å². The fourth-order valence-electron chi connectivity index (χ4n) is 3.06. The van der Waals surface area contributed by atoms with Crippen molar-refractivity contribution < 1.29 is 0 Å². The van der Waals surface area contributed by atoms with E-state index in [1.54, 1.807) is 0 Å². The summed E-state index contributed by atoms with van der Waals surface area (Å²) in [6, 6.07) is 9.45. The van der Waals surface area contributed by atoms with E-state index in [0.717, 1.165) is 0 Å². The summed E-state index contributed by atoms with van der Waals surface area (Å²) in [5.74, 6) is 0. The van der Waals surface area contributed by atoms with Gasteiger partial charge in [0.15, 0.2) is 0 Å². The summed E-state index contributed by atoms with van der Waals surface area (Å²) in [4.78, 5) is 4.63. The molecule has 2 aliphatic rings. The fourth-order valence-corrected chi connectivity index (χ4v) is 3.06. The Bertz CT molecular complexity index is 438. The van der Waals surface area contributed by atoms with E-state index < -0.39 is 0 Å². The van der Waals surface area contributed by atoms with Crippen LogP contribution in [0.1, 0.15) is 12.5 Å². The van der Waals surface area contributed by atoms with Crippen LogP contribution in [0.4, 0.5) is 5.69 Å². The Labute approximate surface area is 90.8 Å². The van der Waals surface area contributed by atoms with E-state index in [0.29, 0.717) is 6.17 Å². The minimum absolute atomic E-state index is 0.122. The summed E-state index contributed by atoms with van der Waals surface area (Å²) in [5.41, 5.74) is 2.84. The zero-order chi connectivity index (χ0) is 10.6. The fraction of sp³-hybridized carbons (Fsp3) is 0.385. The molecule has 0 fully saturated rings. The first kappa shape index (κ1) is 8.84. The van der Waals surface area contributed by atoms with Gasteiger partial charge in [-0.15, -0.1) is 0 Å². The number of nitrogens with zero attached hydrogens (tertiary/aromatic N) is 2. The molecule has 2 heterocycles. The maximum Gasteiger partial charge on any atom is 0.114 e. The van der Waals surface area contributed by atoms with Crippen molar-refractivity contribution in [2.45, 2.75) is 18.5 Å². The number of rotatable bonds is 0. The molecular weight excluding hydrogens is 184 g/mol. The molecular formula is C13H15N2. The van der Waals surface area contributed by atoms with Gasteiger partial charge in [-0.1, -0.05) is 12.1 Å². The lowest BCUT2D eigenvalue weighted by atomic mass is 9.83. The molecule has 0 bridgehead atoms. The van der Waals surface area contributed by atoms with Crippen LogP contribution >= 0.6 is 0 Å². The molecule has 2 aliphatic heterocycles. The monoisotopic (exact) mass is 199 g/mol. The number of fused-ring (bicyclic) bond motifs is 3. The van der Waals surface area contributed by atoms with Gasteiger partial charge >= 0.3 is 0 Å². The molecule has 0 amide bonds. The van der Waals surface area contributed by atoms with Crippen LogP contribution in [0, 0.1) is 6.07 Å². The van der Waals surface area contributed by atoms with Crippen LogP contribution in [0.3, 0.4) is 0 Å². The third-order valence-electron chi connectivity index (χ3n) is 3.75. The van der Waals surface area contributed by atoms with Crippen LogP contribution < -0.4 is 4.90 Å². The van der Waals surface area contributed by atoms with E-state index in [2.05, 4.69) is 61.3 Å². The lowest BCUT2D eigenvalue weighted by Gasteiger charge is -2.33. The molecule has 15 heavy (non-hydrogen) atoms. The van der Waals surface area contributed by atoms with Crippen molar-refractivity contribution in [2.24, 2.45) is 0 Å². The molecule has 1 radical (unpaired) electrons. The second-order valence-corrected chi connectivity index (χ2v) is 4.69. The Morgan fingerprint density at radius 1 is 1.40 bits per heavy atom. The zero-order valence-electron chi connectivity index (χ0n) is 9.36. The lowest BCUT2D eigenvalue weighted by Crippen LogP contribution is -2.45. The normalized spacial score (nSPS) is 32.1. The van der Waals surface area contributed by atoms with E-state index in [9.17, 15) is 0 Å². The van der Waals surface area contributed by atoms with Crippen LogP contribution in [0.2, 0.25) is 0 Å². The molecule has 2 atom stereocenters. The summed E-state index contributed by atoms with van der Waals surface area (Å²) < 4.78 is 0. The van der Waals surface area contributed by atoms with Crippen molar-refractivity contribution in [1.82, 2.24) is 4.90 Å². The number of hydrogen-bond donors (Lipinski definition) is 0. The molecule has 1 aromatic rings. The summed E-state index contributed by atoms with van der Waals surface area (Å²) >= 11 is 0. The van der Waals surface area contributed by atoms with E-state index in [1.807, 2.05) is 6.07 Å². The van der Waals surface area contributed by atoms with Gasteiger partial charge in [-0.3, -0.25) is 0 Å². The highest BCUT2D eigenvalue weighted by molar-refractivity contribution is 5.66. The Morgan fingerprint density at radius 2 is 2.20 bits per heavy atom. The third-order valence-corrected chi connectivity index (χ3v) is 3.75. The van der Waals surface area contributed by atoms with E-state index in [4.69, 9.17) is 0 Å². The summed E-state index contributed by atoms with van der Waals surface area (Å²) in [7, 11) is 4.30. The average molecular weight is 199 g/mol. The molecule has 2 unspecified atom stereocenters. The molecule has 0 spiro atoms. The van der Waals surface area contributed by atoms with Gasteiger partial charge in [-0.2, -0.15) is 0 Å². The molecule has 0 saturated heterocycles. The molecule has 0 aliphatic carbocycles. The summed E-state index contributed by atoms with van der Waals surface area (Å²) in [6.07, 6.45) is 4.90.